The SMILES string of the molecule is Cc1ccccc1C1=N/C(=C\c2ccc(-c3cc(Cl)c([N+](=O)[O-])cc3C)o2)C(=O)O1. The van der Waals surface area contributed by atoms with Crippen LogP contribution in [0.5, 0.6) is 0 Å². The molecule has 0 amide bonds. The highest BCUT2D eigenvalue weighted by atomic mass is 35.5. The molecule has 0 bridgehead atoms. The zero-order chi connectivity index (χ0) is 21.4. The van der Waals surface area contributed by atoms with E-state index in [1.807, 2.05) is 31.2 Å². The standard InChI is InChI=1S/C22H15ClN2O5/c1-12-5-3-4-6-15(12)21-24-18(22(26)30-21)10-14-7-8-20(29-14)16-11-17(23)19(25(27)28)9-13(16)2/h3-11H,1-2H3/b18-10-. The highest BCUT2D eigenvalue weighted by Gasteiger charge is 2.25. The summed E-state index contributed by atoms with van der Waals surface area (Å²) in [6.45, 7) is 3.64. The minimum Gasteiger partial charge on any atom is -0.457 e. The summed E-state index contributed by atoms with van der Waals surface area (Å²) in [5, 5.41) is 11.1. The lowest BCUT2D eigenvalue weighted by Gasteiger charge is -2.04. The summed E-state index contributed by atoms with van der Waals surface area (Å²) in [6, 6.07) is 13.7. The van der Waals surface area contributed by atoms with E-state index in [9.17, 15) is 14.9 Å². The molecule has 0 atom stereocenters. The van der Waals surface area contributed by atoms with Gasteiger partial charge in [-0.2, -0.15) is 0 Å². The van der Waals surface area contributed by atoms with Crippen LogP contribution < -0.4 is 0 Å². The average molecular weight is 423 g/mol. The Hall–Kier alpha value is -3.71. The zero-order valence-corrected chi connectivity index (χ0v) is 16.8. The molecule has 3 aromatic rings. The fourth-order valence-electron chi connectivity index (χ4n) is 3.12. The van der Waals surface area contributed by atoms with Gasteiger partial charge in [0.1, 0.15) is 16.5 Å². The Morgan fingerprint density at radius 3 is 2.57 bits per heavy atom. The van der Waals surface area contributed by atoms with E-state index in [0.29, 0.717) is 22.6 Å². The number of esters is 1. The van der Waals surface area contributed by atoms with Gasteiger partial charge in [0, 0.05) is 23.3 Å². The van der Waals surface area contributed by atoms with Gasteiger partial charge >= 0.3 is 5.97 Å². The molecule has 0 saturated carbocycles. The molecule has 0 unspecified atom stereocenters. The van der Waals surface area contributed by atoms with Crippen LogP contribution in [0, 0.1) is 24.0 Å². The van der Waals surface area contributed by atoms with Crippen LogP contribution in [0.25, 0.3) is 17.4 Å². The predicted octanol–water partition coefficient (Wildman–Crippen LogP) is 5.47. The highest BCUT2D eigenvalue weighted by Crippen LogP contribution is 2.34. The second kappa shape index (κ2) is 7.61. The van der Waals surface area contributed by atoms with Crippen LogP contribution in [-0.2, 0) is 9.53 Å². The van der Waals surface area contributed by atoms with Crippen molar-refractivity contribution in [3.05, 3.63) is 91.8 Å². The molecule has 1 aliphatic heterocycles. The number of halogens is 1. The van der Waals surface area contributed by atoms with Crippen molar-refractivity contribution in [3.8, 4) is 11.3 Å². The maximum absolute atomic E-state index is 12.2. The first kappa shape index (κ1) is 19.6. The zero-order valence-electron chi connectivity index (χ0n) is 16.0. The first-order valence-electron chi connectivity index (χ1n) is 8.97. The fourth-order valence-corrected chi connectivity index (χ4v) is 3.35. The Labute approximate surface area is 176 Å². The molecule has 0 N–H and O–H groups in total. The summed E-state index contributed by atoms with van der Waals surface area (Å²) in [6.07, 6.45) is 1.49. The minimum atomic E-state index is -0.569. The van der Waals surface area contributed by atoms with Crippen molar-refractivity contribution in [2.75, 3.05) is 0 Å². The molecular weight excluding hydrogens is 408 g/mol. The van der Waals surface area contributed by atoms with Crippen LogP contribution in [0.3, 0.4) is 0 Å². The van der Waals surface area contributed by atoms with Crippen molar-refractivity contribution >= 4 is 35.2 Å². The minimum absolute atomic E-state index is 0.0174. The third kappa shape index (κ3) is 3.62. The molecule has 0 fully saturated rings. The number of benzene rings is 2. The summed E-state index contributed by atoms with van der Waals surface area (Å²) in [4.78, 5) is 27.0. The molecule has 0 aliphatic carbocycles. The molecule has 1 aliphatic rings. The lowest BCUT2D eigenvalue weighted by atomic mass is 10.1. The van der Waals surface area contributed by atoms with Gasteiger partial charge in [-0.3, -0.25) is 10.1 Å². The number of cyclic esters (lactones) is 1. The molecule has 30 heavy (non-hydrogen) atoms. The summed E-state index contributed by atoms with van der Waals surface area (Å²) < 4.78 is 11.1. The van der Waals surface area contributed by atoms with Crippen LogP contribution in [-0.4, -0.2) is 16.8 Å². The Kier molecular flexibility index (Phi) is 4.97. The Bertz CT molecular complexity index is 1260. The molecule has 0 radical (unpaired) electrons. The Morgan fingerprint density at radius 1 is 1.07 bits per heavy atom. The van der Waals surface area contributed by atoms with Gasteiger partial charge in [-0.25, -0.2) is 9.79 Å². The lowest BCUT2D eigenvalue weighted by Crippen LogP contribution is -2.06. The van der Waals surface area contributed by atoms with Crippen molar-refractivity contribution in [1.29, 1.82) is 0 Å². The topological polar surface area (TPSA) is 94.9 Å². The molecule has 4 rings (SSSR count). The van der Waals surface area contributed by atoms with Crippen molar-refractivity contribution in [2.45, 2.75) is 13.8 Å². The highest BCUT2D eigenvalue weighted by molar-refractivity contribution is 6.33. The normalized spacial score (nSPS) is 14.7. The third-order valence-electron chi connectivity index (χ3n) is 4.66. The van der Waals surface area contributed by atoms with Gasteiger partial charge in [-0.1, -0.05) is 29.8 Å². The van der Waals surface area contributed by atoms with E-state index in [1.165, 1.54) is 18.2 Å². The monoisotopic (exact) mass is 422 g/mol. The predicted molar refractivity (Wildman–Crippen MR) is 112 cm³/mol. The first-order valence-corrected chi connectivity index (χ1v) is 9.34. The van der Waals surface area contributed by atoms with Gasteiger partial charge in [-0.15, -0.1) is 0 Å². The largest absolute Gasteiger partial charge is 0.457 e. The quantitative estimate of drug-likeness (QED) is 0.240. The van der Waals surface area contributed by atoms with E-state index >= 15 is 0 Å². The van der Waals surface area contributed by atoms with Crippen LogP contribution in [0.1, 0.15) is 22.5 Å². The van der Waals surface area contributed by atoms with Gasteiger partial charge in [-0.05, 0) is 49.2 Å². The maximum Gasteiger partial charge on any atom is 0.363 e. The second-order valence-electron chi connectivity index (χ2n) is 6.73. The Morgan fingerprint density at radius 2 is 1.83 bits per heavy atom. The molecule has 7 nitrogen and oxygen atoms in total. The number of hydrogen-bond donors (Lipinski definition) is 0. The molecule has 2 aromatic carbocycles. The van der Waals surface area contributed by atoms with Gasteiger partial charge in [0.05, 0.1) is 4.92 Å². The number of nitro groups is 1. The molecule has 0 saturated heterocycles. The molecule has 2 heterocycles. The number of nitrogens with zero attached hydrogens (tertiary/aromatic N) is 2. The van der Waals surface area contributed by atoms with Crippen LogP contribution in [0.2, 0.25) is 5.02 Å². The first-order chi connectivity index (χ1) is 14.3. The van der Waals surface area contributed by atoms with Gasteiger partial charge in [0.25, 0.3) is 5.69 Å². The molecule has 8 heteroatoms. The Balaban J connectivity index is 1.66. The van der Waals surface area contributed by atoms with E-state index < -0.39 is 10.9 Å². The lowest BCUT2D eigenvalue weighted by molar-refractivity contribution is -0.384. The van der Waals surface area contributed by atoms with E-state index in [1.54, 1.807) is 19.1 Å². The number of furan rings is 1. The molecule has 0 spiro atoms. The van der Waals surface area contributed by atoms with Gasteiger partial charge in [0.15, 0.2) is 5.70 Å². The van der Waals surface area contributed by atoms with E-state index in [2.05, 4.69) is 4.99 Å². The van der Waals surface area contributed by atoms with Crippen LogP contribution >= 0.6 is 11.6 Å². The molecule has 1 aromatic heterocycles. The maximum atomic E-state index is 12.2. The summed E-state index contributed by atoms with van der Waals surface area (Å²) in [7, 11) is 0. The van der Waals surface area contributed by atoms with E-state index in [4.69, 9.17) is 20.8 Å². The fraction of sp³-hybridized carbons (Fsp3) is 0.0909. The molecule has 150 valence electrons. The van der Waals surface area contributed by atoms with Crippen LogP contribution in [0.4, 0.5) is 5.69 Å². The number of aliphatic imine (C=N–C) groups is 1. The van der Waals surface area contributed by atoms with Gasteiger partial charge in [0.2, 0.25) is 5.90 Å². The number of aryl methyl sites for hydroxylation is 2. The smallest absolute Gasteiger partial charge is 0.363 e. The number of carbonyl (C=O) groups is 1. The number of rotatable bonds is 4. The summed E-state index contributed by atoms with van der Waals surface area (Å²) in [5.74, 6) is 0.529. The van der Waals surface area contributed by atoms with Crippen molar-refractivity contribution in [1.82, 2.24) is 0 Å². The molecular formula is C22H15ClN2O5. The van der Waals surface area contributed by atoms with Gasteiger partial charge < -0.3 is 9.15 Å². The van der Waals surface area contributed by atoms with Crippen molar-refractivity contribution in [2.24, 2.45) is 4.99 Å². The number of nitro benzene ring substituents is 1. The summed E-state index contributed by atoms with van der Waals surface area (Å²) in [5.41, 5.74) is 2.89. The number of ether oxygens (including phenoxy) is 1. The van der Waals surface area contributed by atoms with E-state index in [-0.39, 0.29) is 22.3 Å². The van der Waals surface area contributed by atoms with Crippen molar-refractivity contribution in [3.63, 3.8) is 0 Å². The second-order valence-corrected chi connectivity index (χ2v) is 7.14. The van der Waals surface area contributed by atoms with Crippen LogP contribution in [0.15, 0.2) is 63.6 Å². The number of carbonyl (C=O) groups excluding carboxylic acids is 1. The van der Waals surface area contributed by atoms with E-state index in [0.717, 1.165) is 11.1 Å². The van der Waals surface area contributed by atoms with Crippen molar-refractivity contribution < 1.29 is 18.9 Å². The average Bonchev–Trinajstić information content (AvgIpc) is 3.31. The summed E-state index contributed by atoms with van der Waals surface area (Å²) >= 11 is 6.02. The number of hydrogen-bond acceptors (Lipinski definition) is 6. The third-order valence-corrected chi connectivity index (χ3v) is 4.96.